The first kappa shape index (κ1) is 12.0. The second kappa shape index (κ2) is 4.90. The Hall–Kier alpha value is -1.07. The Morgan fingerprint density at radius 2 is 2.28 bits per heavy atom. The fourth-order valence-electron chi connectivity index (χ4n) is 3.04. The molecule has 2 N–H and O–H groups in total. The smallest absolute Gasteiger partial charge is 0.195 e. The van der Waals surface area contributed by atoms with Crippen LogP contribution in [0, 0.1) is 0 Å². The molecule has 4 nitrogen and oxygen atoms in total. The van der Waals surface area contributed by atoms with Gasteiger partial charge in [-0.05, 0) is 19.8 Å². The van der Waals surface area contributed by atoms with Crippen molar-refractivity contribution in [2.75, 3.05) is 11.4 Å². The van der Waals surface area contributed by atoms with Gasteiger partial charge in [-0.25, -0.2) is 4.98 Å². The third kappa shape index (κ3) is 1.82. The van der Waals surface area contributed by atoms with Crippen LogP contribution < -0.4 is 10.6 Å². The Morgan fingerprint density at radius 3 is 2.94 bits per heavy atom. The number of hydrogen-bond donors (Lipinski definition) is 1. The number of anilines is 1. The zero-order chi connectivity index (χ0) is 12.5. The van der Waals surface area contributed by atoms with Gasteiger partial charge >= 0.3 is 0 Å². The van der Waals surface area contributed by atoms with Crippen molar-refractivity contribution in [1.82, 2.24) is 9.38 Å². The second-order valence-electron chi connectivity index (χ2n) is 4.87. The molecule has 18 heavy (non-hydrogen) atoms. The van der Waals surface area contributed by atoms with Gasteiger partial charge in [0.2, 0.25) is 0 Å². The number of imidazole rings is 1. The summed E-state index contributed by atoms with van der Waals surface area (Å²) in [5.41, 5.74) is 7.08. The van der Waals surface area contributed by atoms with E-state index in [1.807, 2.05) is 0 Å². The van der Waals surface area contributed by atoms with Crippen LogP contribution in [-0.4, -0.2) is 22.0 Å². The summed E-state index contributed by atoms with van der Waals surface area (Å²) in [6.07, 6.45) is 7.36. The van der Waals surface area contributed by atoms with Crippen molar-refractivity contribution >= 4 is 22.1 Å². The Balaban J connectivity index is 2.02. The number of nitrogens with zero attached hydrogens (tertiary/aromatic N) is 3. The van der Waals surface area contributed by atoms with Crippen LogP contribution in [-0.2, 0) is 6.54 Å². The van der Waals surface area contributed by atoms with Gasteiger partial charge in [-0.2, -0.15) is 0 Å². The highest BCUT2D eigenvalue weighted by atomic mass is 32.1. The van der Waals surface area contributed by atoms with E-state index in [9.17, 15) is 0 Å². The maximum absolute atomic E-state index is 5.93. The molecule has 0 aromatic carbocycles. The number of rotatable bonds is 4. The SMILES string of the molecule is CCN(c1nc2sccn2c1CN)C1CCCC1. The van der Waals surface area contributed by atoms with E-state index in [-0.39, 0.29) is 0 Å². The van der Waals surface area contributed by atoms with Crippen LogP contribution in [0.1, 0.15) is 38.3 Å². The van der Waals surface area contributed by atoms with E-state index in [1.54, 1.807) is 11.3 Å². The lowest BCUT2D eigenvalue weighted by atomic mass is 10.2. The molecular weight excluding hydrogens is 244 g/mol. The molecule has 2 heterocycles. The van der Waals surface area contributed by atoms with Gasteiger partial charge in [-0.1, -0.05) is 12.8 Å². The van der Waals surface area contributed by atoms with Crippen LogP contribution in [0.4, 0.5) is 5.82 Å². The van der Waals surface area contributed by atoms with E-state index < -0.39 is 0 Å². The van der Waals surface area contributed by atoms with Crippen molar-refractivity contribution in [3.63, 3.8) is 0 Å². The number of nitrogens with two attached hydrogens (primary N) is 1. The summed E-state index contributed by atoms with van der Waals surface area (Å²) in [5, 5.41) is 2.07. The predicted octanol–water partition coefficient (Wildman–Crippen LogP) is 2.62. The number of fused-ring (bicyclic) bond motifs is 1. The molecule has 5 heteroatoms. The second-order valence-corrected chi connectivity index (χ2v) is 5.74. The predicted molar refractivity (Wildman–Crippen MR) is 76.2 cm³/mol. The molecule has 98 valence electrons. The Labute approximate surface area is 111 Å². The molecule has 2 aromatic heterocycles. The molecule has 0 radical (unpaired) electrons. The molecule has 3 rings (SSSR count). The van der Waals surface area contributed by atoms with E-state index >= 15 is 0 Å². The van der Waals surface area contributed by atoms with Crippen molar-refractivity contribution < 1.29 is 0 Å². The highest BCUT2D eigenvalue weighted by Gasteiger charge is 2.26. The van der Waals surface area contributed by atoms with Crippen molar-refractivity contribution in [2.45, 2.75) is 45.2 Å². The van der Waals surface area contributed by atoms with E-state index in [0.29, 0.717) is 12.6 Å². The van der Waals surface area contributed by atoms with E-state index in [4.69, 9.17) is 10.7 Å². The van der Waals surface area contributed by atoms with Gasteiger partial charge < -0.3 is 10.6 Å². The Kier molecular flexibility index (Phi) is 3.26. The normalized spacial score (nSPS) is 16.8. The maximum atomic E-state index is 5.93. The zero-order valence-electron chi connectivity index (χ0n) is 10.8. The molecule has 2 aromatic rings. The molecular formula is C13H20N4S. The molecule has 0 spiro atoms. The van der Waals surface area contributed by atoms with Crippen molar-refractivity contribution in [1.29, 1.82) is 0 Å². The molecule has 0 amide bonds. The monoisotopic (exact) mass is 264 g/mol. The van der Waals surface area contributed by atoms with Gasteiger partial charge in [0.1, 0.15) is 0 Å². The first-order valence-corrected chi connectivity index (χ1v) is 7.64. The first-order valence-electron chi connectivity index (χ1n) is 6.76. The van der Waals surface area contributed by atoms with E-state index in [2.05, 4.69) is 27.8 Å². The first-order chi connectivity index (χ1) is 8.85. The minimum Gasteiger partial charge on any atom is -0.352 e. The molecule has 1 aliphatic carbocycles. The molecule has 1 aliphatic rings. The molecule has 1 saturated carbocycles. The molecule has 0 bridgehead atoms. The summed E-state index contributed by atoms with van der Waals surface area (Å²) in [7, 11) is 0. The zero-order valence-corrected chi connectivity index (χ0v) is 11.6. The van der Waals surface area contributed by atoms with E-state index in [0.717, 1.165) is 23.0 Å². The third-order valence-corrected chi connectivity index (χ3v) is 4.67. The minimum absolute atomic E-state index is 0.552. The van der Waals surface area contributed by atoms with Crippen molar-refractivity contribution in [3.8, 4) is 0 Å². The van der Waals surface area contributed by atoms with Gasteiger partial charge in [0.15, 0.2) is 10.8 Å². The van der Waals surface area contributed by atoms with Gasteiger partial charge in [-0.15, -0.1) is 11.3 Å². The summed E-state index contributed by atoms with van der Waals surface area (Å²) in [6, 6.07) is 0.657. The highest BCUT2D eigenvalue weighted by Crippen LogP contribution is 2.31. The van der Waals surface area contributed by atoms with Crippen LogP contribution in [0.25, 0.3) is 4.96 Å². The third-order valence-electron chi connectivity index (χ3n) is 3.91. The van der Waals surface area contributed by atoms with Gasteiger partial charge in [-0.3, -0.25) is 4.40 Å². The van der Waals surface area contributed by atoms with Gasteiger partial charge in [0.05, 0.1) is 5.69 Å². The highest BCUT2D eigenvalue weighted by molar-refractivity contribution is 7.15. The average molecular weight is 264 g/mol. The summed E-state index contributed by atoms with van der Waals surface area (Å²) in [6.45, 7) is 3.78. The standard InChI is InChI=1S/C13H20N4S/c1-2-16(10-5-3-4-6-10)12-11(9-14)17-7-8-18-13(17)15-12/h7-8,10H,2-6,9,14H2,1H3. The largest absolute Gasteiger partial charge is 0.352 e. The fourth-order valence-corrected chi connectivity index (χ4v) is 3.77. The molecule has 0 unspecified atom stereocenters. The van der Waals surface area contributed by atoms with E-state index in [1.165, 1.54) is 25.7 Å². The summed E-state index contributed by atoms with van der Waals surface area (Å²) < 4.78 is 2.14. The molecule has 0 aliphatic heterocycles. The summed E-state index contributed by atoms with van der Waals surface area (Å²) in [5.74, 6) is 1.11. The number of thiazole rings is 1. The Bertz CT molecular complexity index is 524. The van der Waals surface area contributed by atoms with Crippen LogP contribution in [0.5, 0.6) is 0 Å². The van der Waals surface area contributed by atoms with Crippen LogP contribution in [0.15, 0.2) is 11.6 Å². The van der Waals surface area contributed by atoms with Crippen LogP contribution in [0.3, 0.4) is 0 Å². The quantitative estimate of drug-likeness (QED) is 0.923. The minimum atomic E-state index is 0.552. The van der Waals surface area contributed by atoms with Gasteiger partial charge in [0, 0.05) is 30.7 Å². The summed E-state index contributed by atoms with van der Waals surface area (Å²) >= 11 is 1.68. The van der Waals surface area contributed by atoms with Crippen LogP contribution >= 0.6 is 11.3 Å². The molecule has 0 saturated heterocycles. The van der Waals surface area contributed by atoms with Crippen LogP contribution in [0.2, 0.25) is 0 Å². The topological polar surface area (TPSA) is 46.6 Å². The van der Waals surface area contributed by atoms with Gasteiger partial charge in [0.25, 0.3) is 0 Å². The van der Waals surface area contributed by atoms with Crippen molar-refractivity contribution in [2.24, 2.45) is 5.73 Å². The summed E-state index contributed by atoms with van der Waals surface area (Å²) in [4.78, 5) is 8.30. The fraction of sp³-hybridized carbons (Fsp3) is 0.615. The Morgan fingerprint density at radius 1 is 1.50 bits per heavy atom. The maximum Gasteiger partial charge on any atom is 0.195 e. The molecule has 1 fully saturated rings. The average Bonchev–Trinajstić information content (AvgIpc) is 3.05. The number of hydrogen-bond acceptors (Lipinski definition) is 4. The lowest BCUT2D eigenvalue weighted by molar-refractivity contribution is 0.611. The lowest BCUT2D eigenvalue weighted by Crippen LogP contribution is -2.34. The lowest BCUT2D eigenvalue weighted by Gasteiger charge is -2.28. The number of aromatic nitrogens is 2. The molecule has 0 atom stereocenters. The van der Waals surface area contributed by atoms with Crippen molar-refractivity contribution in [3.05, 3.63) is 17.3 Å².